The summed E-state index contributed by atoms with van der Waals surface area (Å²) >= 11 is 0. The van der Waals surface area contributed by atoms with Crippen LogP contribution in [0.25, 0.3) is 0 Å². The van der Waals surface area contributed by atoms with Crippen LogP contribution in [0.15, 0.2) is 30.3 Å². The minimum atomic E-state index is -1.21. The van der Waals surface area contributed by atoms with Crippen LogP contribution in [0.3, 0.4) is 0 Å². The fraction of sp³-hybridized carbons (Fsp3) is 0.667. The van der Waals surface area contributed by atoms with E-state index in [2.05, 4.69) is 26.6 Å². The van der Waals surface area contributed by atoms with Gasteiger partial charge in [-0.05, 0) is 31.2 Å². The highest BCUT2D eigenvalue weighted by Crippen LogP contribution is 2.11. The zero-order valence-corrected chi connectivity index (χ0v) is 35.2. The lowest BCUT2D eigenvalue weighted by molar-refractivity contribution is -0.142. The summed E-state index contributed by atoms with van der Waals surface area (Å²) in [7, 11) is 0. The predicted octanol–water partition coefficient (Wildman–Crippen LogP) is 1.35. The Morgan fingerprint density at radius 1 is 0.508 bits per heavy atom. The fourth-order valence-corrected chi connectivity index (χ4v) is 5.71. The molecule has 0 spiro atoms. The average molecular weight is 865 g/mol. The van der Waals surface area contributed by atoms with Crippen LogP contribution >= 0.6 is 0 Å². The lowest BCUT2D eigenvalue weighted by atomic mass is 10.1. The van der Waals surface area contributed by atoms with Gasteiger partial charge in [0.05, 0.1) is 46.1 Å². The van der Waals surface area contributed by atoms with Crippen molar-refractivity contribution in [3.63, 3.8) is 0 Å². The largest absolute Gasteiger partial charge is 0.480 e. The Morgan fingerprint density at radius 3 is 1.54 bits per heavy atom. The lowest BCUT2D eigenvalue weighted by Crippen LogP contribution is -2.42. The summed E-state index contributed by atoms with van der Waals surface area (Å²) in [6.45, 7) is 2.13. The highest BCUT2D eigenvalue weighted by molar-refractivity contribution is 5.86. The molecule has 1 rings (SSSR count). The Balaban J connectivity index is 1.99. The molecule has 0 aliphatic rings. The van der Waals surface area contributed by atoms with Crippen LogP contribution in [0.4, 0.5) is 0 Å². The second-order valence-corrected chi connectivity index (χ2v) is 14.1. The van der Waals surface area contributed by atoms with Crippen molar-refractivity contribution in [2.24, 2.45) is 0 Å². The molecule has 19 nitrogen and oxygen atoms in total. The van der Waals surface area contributed by atoms with Crippen LogP contribution in [-0.2, 0) is 63.7 Å². The number of unbranched alkanes of at least 4 members (excludes halogenated alkanes) is 8. The van der Waals surface area contributed by atoms with E-state index in [0.717, 1.165) is 56.9 Å². The Morgan fingerprint density at radius 2 is 0.984 bits per heavy atom. The number of hydrogen-bond acceptors (Lipinski definition) is 12. The highest BCUT2D eigenvalue weighted by atomic mass is 16.5. The van der Waals surface area contributed by atoms with Gasteiger partial charge in [0.25, 0.3) is 0 Å². The van der Waals surface area contributed by atoms with E-state index in [0.29, 0.717) is 26.1 Å². The van der Waals surface area contributed by atoms with E-state index in [1.54, 1.807) is 30.6 Å². The molecule has 0 unspecified atom stereocenters. The van der Waals surface area contributed by atoms with E-state index in [9.17, 15) is 48.6 Å². The third-order valence-corrected chi connectivity index (χ3v) is 8.97. The van der Waals surface area contributed by atoms with Gasteiger partial charge in [0, 0.05) is 38.9 Å². The van der Waals surface area contributed by atoms with Crippen LogP contribution in [0, 0.1) is 0 Å². The molecule has 0 aliphatic carbocycles. The lowest BCUT2D eigenvalue weighted by Gasteiger charge is -2.14. The second kappa shape index (κ2) is 36.8. The highest BCUT2D eigenvalue weighted by Gasteiger charge is 2.22. The first-order chi connectivity index (χ1) is 29.5. The molecule has 0 aromatic heterocycles. The smallest absolute Gasteiger partial charge is 0.326 e. The third-order valence-electron chi connectivity index (χ3n) is 8.97. The molecule has 0 heterocycles. The fourth-order valence-electron chi connectivity index (χ4n) is 5.71. The second-order valence-electron chi connectivity index (χ2n) is 14.1. The van der Waals surface area contributed by atoms with Gasteiger partial charge in [-0.3, -0.25) is 28.8 Å². The molecular formula is C42H66N5O14. The first kappa shape index (κ1) is 54.0. The number of carbonyl (C=O) groups excluding carboxylic acids is 6. The standard InChI is InChI=1S/C42H66N5O14/c48-23-26-60-28-27-58-25-22-45-40(53)32-61-30-29-59-24-21-44-37(50)19-16-34(41(54)55)46-38(51)15-11-6-4-2-1-3-5-7-12-20-43-36(49)18-17-35(42(56)57)47-39(52)31-33-13-9-8-10-14-33/h8-10,13-14,34-35H,1-7,11-12,15-22,24-32H2,(H,43,49)(H,44,50)(H,45,53)(H,46,51)(H,47,52)(H,54,55)(H,56,57)/t34-,35-/m0/s1. The van der Waals surface area contributed by atoms with E-state index in [4.69, 9.17) is 18.9 Å². The van der Waals surface area contributed by atoms with Crippen molar-refractivity contribution in [1.29, 1.82) is 0 Å². The average Bonchev–Trinajstić information content (AvgIpc) is 3.23. The summed E-state index contributed by atoms with van der Waals surface area (Å²) in [5.41, 5.74) is 0.771. The maximum Gasteiger partial charge on any atom is 0.326 e. The molecule has 1 aromatic carbocycles. The number of carbonyl (C=O) groups is 7. The number of rotatable bonds is 40. The van der Waals surface area contributed by atoms with Crippen molar-refractivity contribution in [3.8, 4) is 0 Å². The van der Waals surface area contributed by atoms with E-state index < -0.39 is 29.9 Å². The number of hydrogen-bond donors (Lipinski definition) is 7. The summed E-state index contributed by atoms with van der Waals surface area (Å²) in [6.07, 6.45) is 9.96. The molecular weight excluding hydrogens is 798 g/mol. The summed E-state index contributed by atoms with van der Waals surface area (Å²) in [4.78, 5) is 93.9. The van der Waals surface area contributed by atoms with Gasteiger partial charge in [0.1, 0.15) is 25.3 Å². The van der Waals surface area contributed by atoms with Crippen molar-refractivity contribution in [2.75, 3.05) is 72.5 Å². The molecule has 0 fully saturated rings. The molecule has 1 radical (unpaired) electrons. The zero-order chi connectivity index (χ0) is 44.8. The molecule has 7 N–H and O–H groups in total. The van der Waals surface area contributed by atoms with Gasteiger partial charge >= 0.3 is 11.9 Å². The summed E-state index contributed by atoms with van der Waals surface area (Å²) in [5.74, 6) is -4.12. The SMILES string of the molecule is O=[C]COCCOCCNC(=O)COCCOCCNC(=O)CC[C@H](NC(=O)CCCCCCCCCCCNC(=O)CC[C@H](NC(=O)Cc1ccccc1)C(=O)O)C(=O)O. The van der Waals surface area contributed by atoms with Crippen LogP contribution in [0.1, 0.15) is 95.5 Å². The number of ether oxygens (including phenoxy) is 4. The van der Waals surface area contributed by atoms with Crippen LogP contribution in [0.5, 0.6) is 0 Å². The van der Waals surface area contributed by atoms with E-state index >= 15 is 0 Å². The third kappa shape index (κ3) is 32.5. The number of amides is 5. The molecule has 0 saturated carbocycles. The molecule has 5 amide bonds. The minimum Gasteiger partial charge on any atom is -0.480 e. The van der Waals surface area contributed by atoms with Crippen molar-refractivity contribution >= 4 is 47.8 Å². The van der Waals surface area contributed by atoms with E-state index in [1.807, 2.05) is 6.07 Å². The molecule has 0 aliphatic heterocycles. The van der Waals surface area contributed by atoms with Crippen molar-refractivity contribution < 1.29 is 67.5 Å². The first-order valence-electron chi connectivity index (χ1n) is 21.1. The molecule has 0 saturated heterocycles. The Bertz CT molecular complexity index is 1420. The maximum absolute atomic E-state index is 12.4. The Labute approximate surface area is 358 Å². The van der Waals surface area contributed by atoms with Crippen molar-refractivity contribution in [2.45, 2.75) is 108 Å². The van der Waals surface area contributed by atoms with Crippen LogP contribution in [-0.4, -0.2) is 143 Å². The van der Waals surface area contributed by atoms with Gasteiger partial charge in [-0.2, -0.15) is 0 Å². The zero-order valence-electron chi connectivity index (χ0n) is 35.2. The molecule has 2 atom stereocenters. The van der Waals surface area contributed by atoms with Crippen molar-refractivity contribution in [1.82, 2.24) is 26.6 Å². The van der Waals surface area contributed by atoms with Gasteiger partial charge in [-0.1, -0.05) is 75.3 Å². The molecule has 343 valence electrons. The number of aliphatic carboxylic acids is 2. The normalized spacial score (nSPS) is 11.8. The monoisotopic (exact) mass is 864 g/mol. The number of carboxylic acids is 2. The van der Waals surface area contributed by atoms with Gasteiger partial charge in [-0.15, -0.1) is 0 Å². The number of benzene rings is 1. The summed E-state index contributed by atoms with van der Waals surface area (Å²) in [6, 6.07) is 6.68. The van der Waals surface area contributed by atoms with Gasteiger partial charge in [0.15, 0.2) is 0 Å². The predicted molar refractivity (Wildman–Crippen MR) is 222 cm³/mol. The van der Waals surface area contributed by atoms with Gasteiger partial charge < -0.3 is 55.7 Å². The van der Waals surface area contributed by atoms with E-state index in [-0.39, 0.29) is 115 Å². The Kier molecular flexibility index (Phi) is 32.6. The number of carboxylic acid groups (broad SMARTS) is 2. The Hall–Kier alpha value is -4.98. The summed E-state index contributed by atoms with van der Waals surface area (Å²) < 4.78 is 20.7. The molecule has 1 aromatic rings. The molecule has 19 heteroatoms. The maximum atomic E-state index is 12.4. The van der Waals surface area contributed by atoms with Crippen LogP contribution in [0.2, 0.25) is 0 Å². The van der Waals surface area contributed by atoms with E-state index in [1.165, 1.54) is 0 Å². The van der Waals surface area contributed by atoms with Crippen molar-refractivity contribution in [3.05, 3.63) is 35.9 Å². The van der Waals surface area contributed by atoms with Gasteiger partial charge in [-0.25, -0.2) is 9.59 Å². The number of nitrogens with one attached hydrogen (secondary N) is 5. The van der Waals surface area contributed by atoms with Gasteiger partial charge in [0.2, 0.25) is 35.8 Å². The molecule has 0 bridgehead atoms. The quantitative estimate of drug-likeness (QED) is 0.0459. The topological polar surface area (TPSA) is 274 Å². The molecule has 61 heavy (non-hydrogen) atoms. The minimum absolute atomic E-state index is 0.00313. The van der Waals surface area contributed by atoms with Crippen LogP contribution < -0.4 is 26.6 Å². The first-order valence-corrected chi connectivity index (χ1v) is 21.1. The summed E-state index contributed by atoms with van der Waals surface area (Å²) in [5, 5.41) is 32.0.